The van der Waals surface area contributed by atoms with Crippen LogP contribution < -0.4 is 0 Å². The van der Waals surface area contributed by atoms with Gasteiger partial charge in [0, 0.05) is 41.1 Å². The van der Waals surface area contributed by atoms with Gasteiger partial charge in [0.2, 0.25) is 0 Å². The second-order valence-corrected chi connectivity index (χ2v) is 0. The Morgan fingerprint density at radius 2 is 1.25 bits per heavy atom. The summed E-state index contributed by atoms with van der Waals surface area (Å²) in [6.07, 6.45) is 0. The number of hydrogen-bond donors (Lipinski definition) is 0. The SMILES string of the molecule is [B].[CH-]=C.[Y]. The third-order valence-corrected chi connectivity index (χ3v) is 0. The Morgan fingerprint density at radius 3 is 1.25 bits per heavy atom. The predicted octanol–water partition coefficient (Wildman–Crippen LogP) is 0.222. The van der Waals surface area contributed by atoms with Crippen molar-refractivity contribution in [2.75, 3.05) is 0 Å². The zero-order valence-electron chi connectivity index (χ0n) is 2.44. The molecule has 0 heterocycles. The van der Waals surface area contributed by atoms with Gasteiger partial charge in [0.15, 0.2) is 0 Å². The Bertz CT molecular complexity index is 6.00. The average molecular weight is 127 g/mol. The Labute approximate surface area is 54.1 Å². The summed E-state index contributed by atoms with van der Waals surface area (Å²) in [5, 5.41) is 0. The molecule has 0 fully saturated rings. The van der Waals surface area contributed by atoms with Crippen LogP contribution in [0.25, 0.3) is 0 Å². The van der Waals surface area contributed by atoms with Crippen molar-refractivity contribution < 1.29 is 32.7 Å². The number of hydrogen-bond acceptors (Lipinski definition) is 0. The van der Waals surface area contributed by atoms with Gasteiger partial charge in [-0.2, -0.15) is 0 Å². The molecule has 18 valence electrons. The summed E-state index contributed by atoms with van der Waals surface area (Å²) in [6, 6.07) is 0. The van der Waals surface area contributed by atoms with E-state index in [-0.39, 0.29) is 41.1 Å². The summed E-state index contributed by atoms with van der Waals surface area (Å²) in [4.78, 5) is 0. The Kier molecular flexibility index (Phi) is 206. The van der Waals surface area contributed by atoms with E-state index in [0.717, 1.165) is 0 Å². The van der Waals surface area contributed by atoms with Gasteiger partial charge < -0.3 is 6.58 Å². The van der Waals surface area contributed by atoms with Crippen LogP contribution in [0.2, 0.25) is 0 Å². The minimum Gasteiger partial charge on any atom is -0.521 e. The molecule has 0 atom stereocenters. The van der Waals surface area contributed by atoms with Crippen molar-refractivity contribution in [3.8, 4) is 0 Å². The van der Waals surface area contributed by atoms with E-state index in [1.807, 2.05) is 0 Å². The maximum Gasteiger partial charge on any atom is 0 e. The van der Waals surface area contributed by atoms with Gasteiger partial charge in [0.05, 0.1) is 0 Å². The first-order valence-electron chi connectivity index (χ1n) is 0.408. The third-order valence-electron chi connectivity index (χ3n) is 0. The van der Waals surface area contributed by atoms with Crippen LogP contribution in [0.15, 0.2) is 6.58 Å². The van der Waals surface area contributed by atoms with Crippen LogP contribution in [-0.2, 0) is 32.7 Å². The summed E-state index contributed by atoms with van der Waals surface area (Å²) in [5.41, 5.74) is 0. The van der Waals surface area contributed by atoms with Crippen molar-refractivity contribution in [2.24, 2.45) is 0 Å². The van der Waals surface area contributed by atoms with Crippen LogP contribution in [-0.4, -0.2) is 8.41 Å². The molecule has 0 rings (SSSR count). The molecule has 0 saturated carbocycles. The molecule has 0 nitrogen and oxygen atoms in total. The van der Waals surface area contributed by atoms with E-state index in [2.05, 4.69) is 13.2 Å². The van der Waals surface area contributed by atoms with Gasteiger partial charge >= 0.3 is 0 Å². The van der Waals surface area contributed by atoms with Crippen LogP contribution in [0, 0.1) is 6.58 Å². The molecule has 0 aromatic rings. The quantitative estimate of drug-likeness (QED) is 0.322. The van der Waals surface area contributed by atoms with Crippen molar-refractivity contribution in [3.63, 3.8) is 0 Å². The molecule has 4 radical (unpaired) electrons. The maximum absolute atomic E-state index is 4.25. The minimum atomic E-state index is 0. The molecule has 0 aromatic carbocycles. The predicted molar refractivity (Wildman–Crippen MR) is 15.7 cm³/mol. The van der Waals surface area contributed by atoms with E-state index in [1.165, 1.54) is 0 Å². The van der Waals surface area contributed by atoms with Crippen molar-refractivity contribution in [2.45, 2.75) is 0 Å². The monoisotopic (exact) mass is 127 g/mol. The Balaban J connectivity index is -0.00000000500. The Morgan fingerprint density at radius 1 is 1.25 bits per heavy atom. The van der Waals surface area contributed by atoms with Crippen molar-refractivity contribution in [3.05, 3.63) is 13.2 Å². The van der Waals surface area contributed by atoms with Crippen molar-refractivity contribution in [1.29, 1.82) is 0 Å². The second kappa shape index (κ2) is 40.0. The molecule has 0 aromatic heterocycles. The topological polar surface area (TPSA) is 0 Å². The normalized spacial score (nSPS) is 1.00. The first kappa shape index (κ1) is 20.6. The maximum atomic E-state index is 4.25. The standard InChI is InChI=1S/C2H3.B.Y/c1-2;;/h1H,2H2;;/q-1;;. The zero-order chi connectivity index (χ0) is 2.00. The third kappa shape index (κ3) is 12.8. The molecule has 0 unspecified atom stereocenters. The van der Waals surface area contributed by atoms with Crippen LogP contribution in [0.5, 0.6) is 0 Å². The Hall–Kier alpha value is 0.909. The summed E-state index contributed by atoms with van der Waals surface area (Å²) in [6.45, 7) is 7.00. The molecule has 0 bridgehead atoms. The van der Waals surface area contributed by atoms with Gasteiger partial charge in [-0.1, -0.05) is 0 Å². The fourth-order valence-electron chi connectivity index (χ4n) is 0. The van der Waals surface area contributed by atoms with Crippen LogP contribution in [0.4, 0.5) is 0 Å². The van der Waals surface area contributed by atoms with E-state index >= 15 is 0 Å². The minimum absolute atomic E-state index is 0. The number of rotatable bonds is 0. The van der Waals surface area contributed by atoms with E-state index < -0.39 is 0 Å². The first-order chi connectivity index (χ1) is 1.00. The van der Waals surface area contributed by atoms with Crippen LogP contribution >= 0.6 is 0 Å². The molecule has 0 N–H and O–H groups in total. The smallest absolute Gasteiger partial charge is 0 e. The van der Waals surface area contributed by atoms with Crippen molar-refractivity contribution in [1.82, 2.24) is 0 Å². The van der Waals surface area contributed by atoms with Crippen LogP contribution in [0.3, 0.4) is 0 Å². The molecule has 0 aliphatic carbocycles. The fraction of sp³-hybridized carbons (Fsp3) is 0. The van der Waals surface area contributed by atoms with Gasteiger partial charge in [-0.05, 0) is 0 Å². The van der Waals surface area contributed by atoms with Gasteiger partial charge in [-0.25, -0.2) is 0 Å². The molecule has 0 amide bonds. The van der Waals surface area contributed by atoms with E-state index in [4.69, 9.17) is 0 Å². The van der Waals surface area contributed by atoms with E-state index in [0.29, 0.717) is 0 Å². The van der Waals surface area contributed by atoms with Gasteiger partial charge in [-0.15, -0.1) is 0 Å². The summed E-state index contributed by atoms with van der Waals surface area (Å²) in [7, 11) is 0. The molecule has 0 aliphatic heterocycles. The zero-order valence-corrected chi connectivity index (χ0v) is 5.28. The molecular weight excluding hydrogens is 124 g/mol. The first-order valence-corrected chi connectivity index (χ1v) is 0.408. The van der Waals surface area contributed by atoms with Crippen LogP contribution in [0.1, 0.15) is 0 Å². The van der Waals surface area contributed by atoms with Gasteiger partial charge in [-0.3, -0.25) is 6.58 Å². The van der Waals surface area contributed by atoms with Gasteiger partial charge in [0.25, 0.3) is 0 Å². The molecule has 0 aliphatic rings. The summed E-state index contributed by atoms with van der Waals surface area (Å²) >= 11 is 0. The van der Waals surface area contributed by atoms with Gasteiger partial charge in [0.1, 0.15) is 0 Å². The molecule has 2 heteroatoms. The molecular formula is C2H3BY-. The second-order valence-electron chi connectivity index (χ2n) is 0. The average Bonchev–Trinajstić information content (AvgIpc) is 1.00. The molecule has 0 spiro atoms. The van der Waals surface area contributed by atoms with E-state index in [1.54, 1.807) is 0 Å². The summed E-state index contributed by atoms with van der Waals surface area (Å²) < 4.78 is 0. The summed E-state index contributed by atoms with van der Waals surface area (Å²) in [5.74, 6) is 0. The molecule has 4 heavy (non-hydrogen) atoms. The van der Waals surface area contributed by atoms with Crippen molar-refractivity contribution >= 4 is 8.41 Å². The largest absolute Gasteiger partial charge is 0.521 e. The molecule has 0 saturated heterocycles. The van der Waals surface area contributed by atoms with E-state index in [9.17, 15) is 0 Å². The fourth-order valence-corrected chi connectivity index (χ4v) is 0.